The van der Waals surface area contributed by atoms with Gasteiger partial charge >= 0.3 is 11.6 Å². The smallest absolute Gasteiger partial charge is 0.336 e. The van der Waals surface area contributed by atoms with Gasteiger partial charge < -0.3 is 9.15 Å². The van der Waals surface area contributed by atoms with Crippen LogP contribution in [0.1, 0.15) is 22.3 Å². The van der Waals surface area contributed by atoms with Crippen molar-refractivity contribution in [1.82, 2.24) is 0 Å². The fourth-order valence-electron chi connectivity index (χ4n) is 2.57. The lowest BCUT2D eigenvalue weighted by Gasteiger charge is -2.09. The van der Waals surface area contributed by atoms with Gasteiger partial charge in [-0.2, -0.15) is 0 Å². The molecule has 0 aliphatic heterocycles. The number of ether oxygens (including phenoxy) is 1. The zero-order valence-corrected chi connectivity index (χ0v) is 14.1. The number of aryl methyl sites for hydroxylation is 2. The van der Waals surface area contributed by atoms with Crippen molar-refractivity contribution in [3.05, 3.63) is 87.3 Å². The summed E-state index contributed by atoms with van der Waals surface area (Å²) in [4.78, 5) is 23.7. The van der Waals surface area contributed by atoms with Gasteiger partial charge in [0.2, 0.25) is 0 Å². The predicted molar refractivity (Wildman–Crippen MR) is 97.2 cm³/mol. The number of rotatable bonds is 4. The number of benzene rings is 2. The van der Waals surface area contributed by atoms with Crippen LogP contribution in [-0.2, 0) is 16.1 Å². The van der Waals surface area contributed by atoms with Crippen molar-refractivity contribution < 1.29 is 13.9 Å². The monoisotopic (exact) mass is 334 g/mol. The van der Waals surface area contributed by atoms with E-state index in [1.165, 1.54) is 12.1 Å². The van der Waals surface area contributed by atoms with E-state index in [1.54, 1.807) is 6.08 Å². The molecule has 0 saturated carbocycles. The van der Waals surface area contributed by atoms with Gasteiger partial charge in [-0.15, -0.1) is 0 Å². The topological polar surface area (TPSA) is 56.5 Å². The number of hydrogen-bond acceptors (Lipinski definition) is 4. The van der Waals surface area contributed by atoms with Crippen molar-refractivity contribution >= 4 is 23.0 Å². The Morgan fingerprint density at radius 1 is 1.12 bits per heavy atom. The van der Waals surface area contributed by atoms with Crippen LogP contribution in [0, 0.1) is 13.8 Å². The molecule has 0 N–H and O–H groups in total. The second kappa shape index (κ2) is 7.18. The molecule has 0 amide bonds. The molecule has 3 aromatic rings. The summed E-state index contributed by atoms with van der Waals surface area (Å²) in [6.07, 6.45) is 3.06. The first kappa shape index (κ1) is 16.7. The van der Waals surface area contributed by atoms with Crippen LogP contribution in [0.2, 0.25) is 0 Å². The van der Waals surface area contributed by atoms with Crippen LogP contribution in [0.3, 0.4) is 0 Å². The molecule has 0 aliphatic rings. The number of esters is 1. The molecular formula is C21H18O4. The van der Waals surface area contributed by atoms with Gasteiger partial charge in [-0.1, -0.05) is 42.5 Å². The highest BCUT2D eigenvalue weighted by atomic mass is 16.5. The lowest BCUT2D eigenvalue weighted by Crippen LogP contribution is -2.06. The standard InChI is InChI=1S/C21H18O4/c1-14-8-10-18-17(12-20(23)25-21(18)15(14)2)13-24-19(22)11-9-16-6-4-3-5-7-16/h3-12H,13H2,1-2H3. The molecule has 25 heavy (non-hydrogen) atoms. The van der Waals surface area contributed by atoms with Crippen LogP contribution in [0.25, 0.3) is 17.0 Å². The third kappa shape index (κ3) is 3.86. The van der Waals surface area contributed by atoms with Gasteiger partial charge in [0.25, 0.3) is 0 Å². The van der Waals surface area contributed by atoms with Crippen molar-refractivity contribution in [2.24, 2.45) is 0 Å². The maximum atomic E-state index is 11.9. The fraction of sp³-hybridized carbons (Fsp3) is 0.143. The van der Waals surface area contributed by atoms with Gasteiger partial charge in [-0.25, -0.2) is 9.59 Å². The second-order valence-corrected chi connectivity index (χ2v) is 5.83. The Kier molecular flexibility index (Phi) is 4.80. The predicted octanol–water partition coefficient (Wildman–Crippen LogP) is 4.17. The third-order valence-corrected chi connectivity index (χ3v) is 4.10. The minimum Gasteiger partial charge on any atom is -0.458 e. The minimum atomic E-state index is -0.464. The van der Waals surface area contributed by atoms with Crippen molar-refractivity contribution in [3.8, 4) is 0 Å². The number of fused-ring (bicyclic) bond motifs is 1. The van der Waals surface area contributed by atoms with Gasteiger partial charge in [0.15, 0.2) is 0 Å². The summed E-state index contributed by atoms with van der Waals surface area (Å²) in [5.41, 5.74) is 3.58. The Morgan fingerprint density at radius 2 is 1.88 bits per heavy atom. The third-order valence-electron chi connectivity index (χ3n) is 4.10. The molecule has 4 heteroatoms. The first-order chi connectivity index (χ1) is 12.0. The Hall–Kier alpha value is -3.14. The summed E-state index contributed by atoms with van der Waals surface area (Å²) in [6, 6.07) is 14.7. The van der Waals surface area contributed by atoms with E-state index in [0.29, 0.717) is 11.1 Å². The van der Waals surface area contributed by atoms with E-state index in [9.17, 15) is 9.59 Å². The molecule has 2 aromatic carbocycles. The zero-order valence-electron chi connectivity index (χ0n) is 14.1. The number of carbonyl (C=O) groups is 1. The van der Waals surface area contributed by atoms with Crippen molar-refractivity contribution in [1.29, 1.82) is 0 Å². The number of carbonyl (C=O) groups excluding carboxylic acids is 1. The molecule has 1 aromatic heterocycles. The van der Waals surface area contributed by atoms with Crippen LogP contribution in [0.4, 0.5) is 0 Å². The highest BCUT2D eigenvalue weighted by molar-refractivity contribution is 5.88. The molecule has 0 fully saturated rings. The molecule has 0 saturated heterocycles. The van der Waals surface area contributed by atoms with Crippen LogP contribution < -0.4 is 5.63 Å². The summed E-state index contributed by atoms with van der Waals surface area (Å²) in [5, 5.41) is 0.780. The van der Waals surface area contributed by atoms with E-state index in [4.69, 9.17) is 9.15 Å². The average molecular weight is 334 g/mol. The van der Waals surface area contributed by atoms with E-state index in [0.717, 1.165) is 22.1 Å². The number of hydrogen-bond donors (Lipinski definition) is 0. The van der Waals surface area contributed by atoms with Crippen molar-refractivity contribution in [3.63, 3.8) is 0 Å². The molecule has 0 unspecified atom stereocenters. The Labute approximate surface area is 145 Å². The lowest BCUT2D eigenvalue weighted by molar-refractivity contribution is -0.138. The van der Waals surface area contributed by atoms with Crippen LogP contribution in [0.5, 0.6) is 0 Å². The van der Waals surface area contributed by atoms with Gasteiger partial charge in [-0.05, 0) is 36.6 Å². The molecule has 0 atom stereocenters. The van der Waals surface area contributed by atoms with Crippen LogP contribution in [-0.4, -0.2) is 5.97 Å². The van der Waals surface area contributed by atoms with Crippen LogP contribution in [0.15, 0.2) is 63.8 Å². The molecule has 1 heterocycles. The first-order valence-corrected chi connectivity index (χ1v) is 7.97. The lowest BCUT2D eigenvalue weighted by atomic mass is 10.0. The first-order valence-electron chi connectivity index (χ1n) is 7.97. The Balaban J connectivity index is 1.79. The highest BCUT2D eigenvalue weighted by Crippen LogP contribution is 2.23. The van der Waals surface area contributed by atoms with E-state index < -0.39 is 11.6 Å². The normalized spacial score (nSPS) is 11.1. The van der Waals surface area contributed by atoms with E-state index in [-0.39, 0.29) is 6.61 Å². The van der Waals surface area contributed by atoms with Gasteiger partial charge in [0, 0.05) is 23.1 Å². The Bertz CT molecular complexity index is 998. The zero-order chi connectivity index (χ0) is 17.8. The molecule has 0 spiro atoms. The summed E-state index contributed by atoms with van der Waals surface area (Å²) < 4.78 is 10.6. The molecule has 0 aliphatic carbocycles. The van der Waals surface area contributed by atoms with Gasteiger partial charge in [-0.3, -0.25) is 0 Å². The molecule has 3 rings (SSSR count). The molecule has 0 radical (unpaired) electrons. The van der Waals surface area contributed by atoms with E-state index in [1.807, 2.05) is 56.3 Å². The second-order valence-electron chi connectivity index (χ2n) is 5.83. The maximum Gasteiger partial charge on any atom is 0.336 e. The van der Waals surface area contributed by atoms with Gasteiger partial charge in [0.05, 0.1) is 0 Å². The van der Waals surface area contributed by atoms with Crippen LogP contribution >= 0.6 is 0 Å². The molecule has 0 bridgehead atoms. The summed E-state index contributed by atoms with van der Waals surface area (Å²) in [7, 11) is 0. The maximum absolute atomic E-state index is 11.9. The molecule has 126 valence electrons. The summed E-state index contributed by atoms with van der Waals surface area (Å²) >= 11 is 0. The molecular weight excluding hydrogens is 316 g/mol. The average Bonchev–Trinajstić information content (AvgIpc) is 2.62. The summed E-state index contributed by atoms with van der Waals surface area (Å²) in [5.74, 6) is -0.464. The van der Waals surface area contributed by atoms with Crippen molar-refractivity contribution in [2.45, 2.75) is 20.5 Å². The van der Waals surface area contributed by atoms with E-state index >= 15 is 0 Å². The minimum absolute atomic E-state index is 0.0164. The quantitative estimate of drug-likeness (QED) is 0.408. The molecule has 4 nitrogen and oxygen atoms in total. The fourth-order valence-corrected chi connectivity index (χ4v) is 2.57. The largest absolute Gasteiger partial charge is 0.458 e. The van der Waals surface area contributed by atoms with E-state index in [2.05, 4.69) is 0 Å². The van der Waals surface area contributed by atoms with Crippen molar-refractivity contribution in [2.75, 3.05) is 0 Å². The SMILES string of the molecule is Cc1ccc2c(COC(=O)C=Cc3ccccc3)cc(=O)oc2c1C. The summed E-state index contributed by atoms with van der Waals surface area (Å²) in [6.45, 7) is 3.87. The van der Waals surface area contributed by atoms with Gasteiger partial charge in [0.1, 0.15) is 12.2 Å². The highest BCUT2D eigenvalue weighted by Gasteiger charge is 2.10. The Morgan fingerprint density at radius 3 is 2.64 bits per heavy atom.